The highest BCUT2D eigenvalue weighted by Crippen LogP contribution is 2.46. The van der Waals surface area contributed by atoms with Crippen molar-refractivity contribution in [3.63, 3.8) is 0 Å². The average molecular weight is 646 g/mol. The maximum Gasteiger partial charge on any atom is 0.0547 e. The molecule has 1 aromatic heterocycles. The Morgan fingerprint density at radius 1 is 0.275 bits per heavy atom. The fourth-order valence-electron chi connectivity index (χ4n) is 8.72. The first-order valence-corrected chi connectivity index (χ1v) is 17.7. The van der Waals surface area contributed by atoms with Gasteiger partial charge in [-0.15, -0.1) is 0 Å². The predicted molar refractivity (Wildman–Crippen MR) is 219 cm³/mol. The highest BCUT2D eigenvalue weighted by atomic mass is 15.0. The Labute approximate surface area is 295 Å². The van der Waals surface area contributed by atoms with E-state index in [9.17, 15) is 0 Å². The predicted octanol–water partition coefficient (Wildman–Crippen LogP) is 13.9. The van der Waals surface area contributed by atoms with Gasteiger partial charge in [0.1, 0.15) is 0 Å². The van der Waals surface area contributed by atoms with Crippen LogP contribution in [0.15, 0.2) is 188 Å². The van der Waals surface area contributed by atoms with Crippen molar-refractivity contribution in [2.24, 2.45) is 0 Å². The molecule has 0 radical (unpaired) electrons. The van der Waals surface area contributed by atoms with Crippen LogP contribution in [0.3, 0.4) is 0 Å². The zero-order chi connectivity index (χ0) is 33.5. The van der Waals surface area contributed by atoms with E-state index in [2.05, 4.69) is 193 Å². The van der Waals surface area contributed by atoms with Crippen LogP contribution in [0.2, 0.25) is 0 Å². The molecule has 0 fully saturated rings. The SMILES string of the molecule is c1ccc(-n2c3ccc(-c4c5ccccc5c(-c5ccc6c(ccc7ccccc76)c5)c5ccccc45)cc3c3c4ccccc4ccc32)cc1. The Balaban J connectivity index is 1.21. The summed E-state index contributed by atoms with van der Waals surface area (Å²) in [5.74, 6) is 0. The van der Waals surface area contributed by atoms with E-state index >= 15 is 0 Å². The lowest BCUT2D eigenvalue weighted by Crippen LogP contribution is -1.93. The van der Waals surface area contributed by atoms with Crippen molar-refractivity contribution >= 4 is 75.7 Å². The zero-order valence-corrected chi connectivity index (χ0v) is 27.8. The molecule has 0 aliphatic heterocycles. The quantitative estimate of drug-likeness (QED) is 0.133. The summed E-state index contributed by atoms with van der Waals surface area (Å²) in [4.78, 5) is 0. The second-order valence-corrected chi connectivity index (χ2v) is 13.6. The van der Waals surface area contributed by atoms with Crippen LogP contribution in [-0.4, -0.2) is 4.57 Å². The van der Waals surface area contributed by atoms with Gasteiger partial charge in [0.05, 0.1) is 11.0 Å². The van der Waals surface area contributed by atoms with Crippen molar-refractivity contribution in [1.82, 2.24) is 4.57 Å². The maximum atomic E-state index is 2.44. The van der Waals surface area contributed by atoms with Crippen LogP contribution in [0.5, 0.6) is 0 Å². The van der Waals surface area contributed by atoms with Gasteiger partial charge >= 0.3 is 0 Å². The molecule has 1 heteroatoms. The number of aromatic nitrogens is 1. The minimum Gasteiger partial charge on any atom is -0.309 e. The number of rotatable bonds is 3. The summed E-state index contributed by atoms with van der Waals surface area (Å²) < 4.78 is 2.42. The Bertz CT molecular complexity index is 3130. The van der Waals surface area contributed by atoms with E-state index in [1.54, 1.807) is 0 Å². The number of fused-ring (bicyclic) bond motifs is 10. The van der Waals surface area contributed by atoms with Gasteiger partial charge in [0.25, 0.3) is 0 Å². The van der Waals surface area contributed by atoms with Crippen LogP contribution in [0.4, 0.5) is 0 Å². The fourth-order valence-corrected chi connectivity index (χ4v) is 8.72. The van der Waals surface area contributed by atoms with E-state index in [1.807, 2.05) is 0 Å². The van der Waals surface area contributed by atoms with Crippen LogP contribution >= 0.6 is 0 Å². The molecule has 0 saturated heterocycles. The summed E-state index contributed by atoms with van der Waals surface area (Å²) >= 11 is 0. The summed E-state index contributed by atoms with van der Waals surface area (Å²) in [6.45, 7) is 0. The van der Waals surface area contributed by atoms with Crippen molar-refractivity contribution in [1.29, 1.82) is 0 Å². The highest BCUT2D eigenvalue weighted by molar-refractivity contribution is 6.25. The van der Waals surface area contributed by atoms with E-state index in [0.717, 1.165) is 0 Å². The highest BCUT2D eigenvalue weighted by Gasteiger charge is 2.20. The zero-order valence-electron chi connectivity index (χ0n) is 27.8. The van der Waals surface area contributed by atoms with Gasteiger partial charge < -0.3 is 4.57 Å². The molecule has 0 atom stereocenters. The van der Waals surface area contributed by atoms with Gasteiger partial charge in [0.15, 0.2) is 0 Å². The Kier molecular flexibility index (Phi) is 6.02. The van der Waals surface area contributed by atoms with Crippen molar-refractivity contribution < 1.29 is 0 Å². The summed E-state index contributed by atoms with van der Waals surface area (Å²) in [6.07, 6.45) is 0. The standard InChI is InChI=1S/C50H31N/c1-2-14-37(15-3-1)51-46-28-26-36(31-45(46)50-40-17-7-5-13-33(40)25-29-47(50)51)49-43-20-10-8-18-41(43)48(42-19-9-11-21-44(42)49)35-24-27-39-34(30-35)23-22-32-12-4-6-16-38(32)39/h1-31H. The molecule has 0 N–H and O–H groups in total. The molecule has 10 aromatic carbocycles. The molecule has 1 heterocycles. The minimum atomic E-state index is 1.17. The maximum absolute atomic E-state index is 2.44. The number of nitrogens with zero attached hydrogens (tertiary/aromatic N) is 1. The third-order valence-electron chi connectivity index (χ3n) is 10.9. The monoisotopic (exact) mass is 645 g/mol. The average Bonchev–Trinajstić information content (AvgIpc) is 3.54. The van der Waals surface area contributed by atoms with Crippen molar-refractivity contribution in [2.45, 2.75) is 0 Å². The largest absolute Gasteiger partial charge is 0.309 e. The van der Waals surface area contributed by atoms with Gasteiger partial charge in [-0.25, -0.2) is 0 Å². The van der Waals surface area contributed by atoms with Gasteiger partial charge in [-0.3, -0.25) is 0 Å². The first kappa shape index (κ1) is 28.2. The normalized spacial score (nSPS) is 11.9. The molecule has 11 rings (SSSR count). The topological polar surface area (TPSA) is 4.93 Å². The van der Waals surface area contributed by atoms with Crippen LogP contribution in [0.25, 0.3) is 104 Å². The lowest BCUT2D eigenvalue weighted by molar-refractivity contribution is 1.18. The van der Waals surface area contributed by atoms with Crippen molar-refractivity contribution in [3.05, 3.63) is 188 Å². The van der Waals surface area contributed by atoms with Crippen molar-refractivity contribution in [3.8, 4) is 27.9 Å². The molecule has 0 unspecified atom stereocenters. The lowest BCUT2D eigenvalue weighted by atomic mass is 9.85. The number of hydrogen-bond donors (Lipinski definition) is 0. The van der Waals surface area contributed by atoms with Gasteiger partial charge in [-0.1, -0.05) is 152 Å². The third kappa shape index (κ3) is 4.16. The Morgan fingerprint density at radius 2 is 0.745 bits per heavy atom. The minimum absolute atomic E-state index is 1.17. The van der Waals surface area contributed by atoms with E-state index in [-0.39, 0.29) is 0 Å². The molecule has 51 heavy (non-hydrogen) atoms. The molecule has 11 aromatic rings. The number of benzene rings is 10. The molecular formula is C50H31N. The molecule has 236 valence electrons. The van der Waals surface area contributed by atoms with E-state index in [4.69, 9.17) is 0 Å². The first-order valence-electron chi connectivity index (χ1n) is 17.7. The summed E-state index contributed by atoms with van der Waals surface area (Å²) in [6, 6.07) is 69.3. The van der Waals surface area contributed by atoms with Gasteiger partial charge in [0, 0.05) is 16.5 Å². The molecule has 0 saturated carbocycles. The van der Waals surface area contributed by atoms with Crippen LogP contribution < -0.4 is 0 Å². The fraction of sp³-hybridized carbons (Fsp3) is 0. The van der Waals surface area contributed by atoms with E-state index in [0.29, 0.717) is 0 Å². The second-order valence-electron chi connectivity index (χ2n) is 13.6. The summed E-state index contributed by atoms with van der Waals surface area (Å²) in [7, 11) is 0. The first-order chi connectivity index (χ1) is 25.3. The Morgan fingerprint density at radius 3 is 1.43 bits per heavy atom. The van der Waals surface area contributed by atoms with E-state index in [1.165, 1.54) is 104 Å². The smallest absolute Gasteiger partial charge is 0.0547 e. The van der Waals surface area contributed by atoms with Gasteiger partial charge in [-0.2, -0.15) is 0 Å². The molecule has 0 aliphatic rings. The van der Waals surface area contributed by atoms with Gasteiger partial charge in [-0.05, 0) is 113 Å². The molecule has 0 amide bonds. The second kappa shape index (κ2) is 10.9. The lowest BCUT2D eigenvalue weighted by Gasteiger charge is -2.18. The molecule has 0 aliphatic carbocycles. The van der Waals surface area contributed by atoms with Crippen LogP contribution in [-0.2, 0) is 0 Å². The number of hydrogen-bond acceptors (Lipinski definition) is 0. The third-order valence-corrected chi connectivity index (χ3v) is 10.9. The molecule has 0 bridgehead atoms. The van der Waals surface area contributed by atoms with Gasteiger partial charge in [0.2, 0.25) is 0 Å². The molecular weight excluding hydrogens is 615 g/mol. The number of para-hydroxylation sites is 1. The molecule has 0 spiro atoms. The van der Waals surface area contributed by atoms with E-state index < -0.39 is 0 Å². The molecule has 1 nitrogen and oxygen atoms in total. The van der Waals surface area contributed by atoms with Crippen molar-refractivity contribution in [2.75, 3.05) is 0 Å². The van der Waals surface area contributed by atoms with Crippen LogP contribution in [0, 0.1) is 0 Å². The summed E-state index contributed by atoms with van der Waals surface area (Å²) in [5, 5.41) is 15.3. The Hall–Kier alpha value is -6.70. The summed E-state index contributed by atoms with van der Waals surface area (Å²) in [5.41, 5.74) is 8.64. The van der Waals surface area contributed by atoms with Crippen LogP contribution in [0.1, 0.15) is 0 Å².